The SMILES string of the molecule is Cc1c([N+](=O)[O-])cccc1S(=O)(=O)N1CCC(N)C1.Cl. The maximum absolute atomic E-state index is 12.4. The molecule has 1 atom stereocenters. The molecule has 7 nitrogen and oxygen atoms in total. The first kappa shape index (κ1) is 16.8. The molecule has 1 aliphatic rings. The number of hydrogen-bond donors (Lipinski definition) is 1. The van der Waals surface area contributed by atoms with Gasteiger partial charge in [0.2, 0.25) is 10.0 Å². The molecule has 0 aliphatic carbocycles. The van der Waals surface area contributed by atoms with Gasteiger partial charge in [0.15, 0.2) is 0 Å². The van der Waals surface area contributed by atoms with Crippen molar-refractivity contribution in [3.05, 3.63) is 33.9 Å². The number of rotatable bonds is 3. The molecule has 0 spiro atoms. The summed E-state index contributed by atoms with van der Waals surface area (Å²) in [6.07, 6.45) is 0.604. The summed E-state index contributed by atoms with van der Waals surface area (Å²) in [6, 6.07) is 3.90. The van der Waals surface area contributed by atoms with Crippen LogP contribution in [0.15, 0.2) is 23.1 Å². The third kappa shape index (κ3) is 2.93. The molecule has 1 heterocycles. The Morgan fingerprint density at radius 1 is 1.45 bits per heavy atom. The molecule has 0 bridgehead atoms. The molecule has 0 amide bonds. The molecule has 2 rings (SSSR count). The monoisotopic (exact) mass is 321 g/mol. The van der Waals surface area contributed by atoms with E-state index >= 15 is 0 Å². The highest BCUT2D eigenvalue weighted by Crippen LogP contribution is 2.28. The van der Waals surface area contributed by atoms with Gasteiger partial charge < -0.3 is 5.73 Å². The molecule has 1 unspecified atom stereocenters. The van der Waals surface area contributed by atoms with E-state index in [9.17, 15) is 18.5 Å². The number of benzene rings is 1. The number of sulfonamides is 1. The number of nitro benzene ring substituents is 1. The van der Waals surface area contributed by atoms with E-state index in [0.717, 1.165) is 0 Å². The Balaban J connectivity index is 0.00000200. The minimum Gasteiger partial charge on any atom is -0.326 e. The molecule has 0 saturated carbocycles. The average Bonchev–Trinajstić information content (AvgIpc) is 2.76. The van der Waals surface area contributed by atoms with Crippen LogP contribution in [0.1, 0.15) is 12.0 Å². The van der Waals surface area contributed by atoms with Crippen LogP contribution in [0.2, 0.25) is 0 Å². The van der Waals surface area contributed by atoms with Crippen molar-refractivity contribution < 1.29 is 13.3 Å². The minimum atomic E-state index is -3.71. The van der Waals surface area contributed by atoms with Crippen molar-refractivity contribution in [2.75, 3.05) is 13.1 Å². The Bertz CT molecular complexity index is 620. The molecule has 9 heteroatoms. The van der Waals surface area contributed by atoms with Crippen LogP contribution in [-0.2, 0) is 10.0 Å². The number of nitrogens with two attached hydrogens (primary N) is 1. The lowest BCUT2D eigenvalue weighted by Crippen LogP contribution is -2.32. The maximum Gasteiger partial charge on any atom is 0.273 e. The van der Waals surface area contributed by atoms with Gasteiger partial charge in [-0.2, -0.15) is 4.31 Å². The summed E-state index contributed by atoms with van der Waals surface area (Å²) in [5, 5.41) is 10.9. The van der Waals surface area contributed by atoms with Gasteiger partial charge in [-0.3, -0.25) is 10.1 Å². The molecule has 1 aromatic carbocycles. The molecule has 1 aliphatic heterocycles. The zero-order valence-electron chi connectivity index (χ0n) is 10.9. The smallest absolute Gasteiger partial charge is 0.273 e. The van der Waals surface area contributed by atoms with Gasteiger partial charge in [0.25, 0.3) is 5.69 Å². The van der Waals surface area contributed by atoms with Gasteiger partial charge in [0.1, 0.15) is 0 Å². The molecule has 2 N–H and O–H groups in total. The molecule has 20 heavy (non-hydrogen) atoms. The van der Waals surface area contributed by atoms with E-state index in [1.807, 2.05) is 0 Å². The fourth-order valence-electron chi connectivity index (χ4n) is 2.19. The standard InChI is InChI=1S/C11H15N3O4S.ClH/c1-8-10(14(15)16)3-2-4-11(8)19(17,18)13-6-5-9(12)7-13;/h2-4,9H,5-7,12H2,1H3;1H. The van der Waals surface area contributed by atoms with E-state index in [-0.39, 0.29) is 41.1 Å². The van der Waals surface area contributed by atoms with Gasteiger partial charge >= 0.3 is 0 Å². The fraction of sp³-hybridized carbons (Fsp3) is 0.455. The van der Waals surface area contributed by atoms with Crippen molar-refractivity contribution >= 4 is 28.1 Å². The van der Waals surface area contributed by atoms with Gasteiger partial charge in [-0.15, -0.1) is 12.4 Å². The lowest BCUT2D eigenvalue weighted by Gasteiger charge is -2.17. The minimum absolute atomic E-state index is 0. The van der Waals surface area contributed by atoms with Crippen molar-refractivity contribution in [1.82, 2.24) is 4.31 Å². The Labute approximate surface area is 123 Å². The molecular weight excluding hydrogens is 306 g/mol. The molecule has 1 fully saturated rings. The van der Waals surface area contributed by atoms with Crippen LogP contribution >= 0.6 is 12.4 Å². The van der Waals surface area contributed by atoms with Crippen molar-refractivity contribution in [3.63, 3.8) is 0 Å². The Morgan fingerprint density at radius 2 is 2.10 bits per heavy atom. The van der Waals surface area contributed by atoms with Crippen LogP contribution in [0.4, 0.5) is 5.69 Å². The van der Waals surface area contributed by atoms with E-state index in [0.29, 0.717) is 13.0 Å². The summed E-state index contributed by atoms with van der Waals surface area (Å²) in [5.41, 5.74) is 5.67. The lowest BCUT2D eigenvalue weighted by molar-refractivity contribution is -0.385. The molecule has 0 aromatic heterocycles. The zero-order chi connectivity index (χ0) is 14.2. The third-order valence-corrected chi connectivity index (χ3v) is 5.27. The molecular formula is C11H16ClN3O4S. The Kier molecular flexibility index (Phi) is 5.09. The molecule has 1 aromatic rings. The summed E-state index contributed by atoms with van der Waals surface area (Å²) in [4.78, 5) is 10.3. The number of halogens is 1. The van der Waals surface area contributed by atoms with Crippen molar-refractivity contribution in [1.29, 1.82) is 0 Å². The van der Waals surface area contributed by atoms with Crippen LogP contribution in [0.3, 0.4) is 0 Å². The highest BCUT2D eigenvalue weighted by atomic mass is 35.5. The summed E-state index contributed by atoms with van der Waals surface area (Å²) in [5.74, 6) is 0. The second-order valence-electron chi connectivity index (χ2n) is 4.57. The largest absolute Gasteiger partial charge is 0.326 e. The van der Waals surface area contributed by atoms with Gasteiger partial charge in [-0.05, 0) is 19.4 Å². The molecule has 1 saturated heterocycles. The highest BCUT2D eigenvalue weighted by Gasteiger charge is 2.33. The summed E-state index contributed by atoms with van der Waals surface area (Å²) in [7, 11) is -3.71. The zero-order valence-corrected chi connectivity index (χ0v) is 12.5. The number of nitrogens with zero attached hydrogens (tertiary/aromatic N) is 2. The first-order valence-electron chi connectivity index (χ1n) is 5.84. The van der Waals surface area contributed by atoms with E-state index in [2.05, 4.69) is 0 Å². The summed E-state index contributed by atoms with van der Waals surface area (Å²) < 4.78 is 26.1. The third-order valence-electron chi connectivity index (χ3n) is 3.26. The van der Waals surface area contributed by atoms with Crippen LogP contribution in [-0.4, -0.2) is 36.8 Å². The quantitative estimate of drug-likeness (QED) is 0.661. The van der Waals surface area contributed by atoms with E-state index in [1.54, 1.807) is 0 Å². The van der Waals surface area contributed by atoms with Gasteiger partial charge in [-0.25, -0.2) is 8.42 Å². The van der Waals surface area contributed by atoms with Gasteiger partial charge in [0, 0.05) is 30.8 Å². The predicted molar refractivity (Wildman–Crippen MR) is 76.4 cm³/mol. The van der Waals surface area contributed by atoms with Crippen LogP contribution < -0.4 is 5.73 Å². The second-order valence-corrected chi connectivity index (χ2v) is 6.48. The van der Waals surface area contributed by atoms with Crippen molar-refractivity contribution in [2.24, 2.45) is 5.73 Å². The van der Waals surface area contributed by atoms with E-state index < -0.39 is 14.9 Å². The summed E-state index contributed by atoms with van der Waals surface area (Å²) in [6.45, 7) is 2.05. The maximum atomic E-state index is 12.4. The predicted octanol–water partition coefficient (Wildman–Crippen LogP) is 1.05. The molecule has 112 valence electrons. The number of nitro groups is 1. The van der Waals surface area contributed by atoms with Gasteiger partial charge in [0.05, 0.1) is 9.82 Å². The fourth-order valence-corrected chi connectivity index (χ4v) is 3.95. The number of hydrogen-bond acceptors (Lipinski definition) is 5. The van der Waals surface area contributed by atoms with Crippen molar-refractivity contribution in [2.45, 2.75) is 24.3 Å². The van der Waals surface area contributed by atoms with Crippen LogP contribution in [0.5, 0.6) is 0 Å². The topological polar surface area (TPSA) is 107 Å². The Hall–Kier alpha value is -1.22. The van der Waals surface area contributed by atoms with Crippen molar-refractivity contribution in [3.8, 4) is 0 Å². The van der Waals surface area contributed by atoms with E-state index in [4.69, 9.17) is 5.73 Å². The highest BCUT2D eigenvalue weighted by molar-refractivity contribution is 7.89. The Morgan fingerprint density at radius 3 is 2.60 bits per heavy atom. The van der Waals surface area contributed by atoms with E-state index in [1.165, 1.54) is 29.4 Å². The van der Waals surface area contributed by atoms with Gasteiger partial charge in [-0.1, -0.05) is 6.07 Å². The molecule has 0 radical (unpaired) electrons. The first-order chi connectivity index (χ1) is 8.84. The average molecular weight is 322 g/mol. The van der Waals surface area contributed by atoms with Crippen LogP contribution in [0.25, 0.3) is 0 Å². The van der Waals surface area contributed by atoms with Crippen LogP contribution in [0, 0.1) is 17.0 Å². The first-order valence-corrected chi connectivity index (χ1v) is 7.28. The summed E-state index contributed by atoms with van der Waals surface area (Å²) >= 11 is 0. The normalized spacial score (nSPS) is 19.6. The second kappa shape index (κ2) is 6.04. The lowest BCUT2D eigenvalue weighted by atomic mass is 10.2.